The summed E-state index contributed by atoms with van der Waals surface area (Å²) in [5.41, 5.74) is 0.782. The highest BCUT2D eigenvalue weighted by atomic mass is 79.9. The molecule has 0 bridgehead atoms. The van der Waals surface area contributed by atoms with Crippen molar-refractivity contribution in [3.63, 3.8) is 0 Å². The Bertz CT molecular complexity index is 940. The van der Waals surface area contributed by atoms with Gasteiger partial charge >= 0.3 is 0 Å². The van der Waals surface area contributed by atoms with Gasteiger partial charge in [0.2, 0.25) is 5.78 Å². The molecular formula is C21H20BrNO5. The molecule has 1 aromatic heterocycles. The largest absolute Gasteiger partial charge is 0.503 e. The zero-order chi connectivity index (χ0) is 19.8. The van der Waals surface area contributed by atoms with E-state index in [0.29, 0.717) is 18.9 Å². The van der Waals surface area contributed by atoms with Gasteiger partial charge in [-0.25, -0.2) is 0 Å². The molecule has 2 aliphatic heterocycles. The van der Waals surface area contributed by atoms with Crippen molar-refractivity contribution < 1.29 is 23.8 Å². The molecule has 1 N–H and O–H groups in total. The molecule has 7 heteroatoms. The molecule has 3 heterocycles. The highest BCUT2D eigenvalue weighted by Crippen LogP contribution is 2.40. The van der Waals surface area contributed by atoms with Gasteiger partial charge in [0.05, 0.1) is 17.7 Å². The molecule has 4 rings (SSSR count). The quantitative estimate of drug-likeness (QED) is 0.700. The fraction of sp³-hybridized carbons (Fsp3) is 0.333. The van der Waals surface area contributed by atoms with Gasteiger partial charge in [-0.2, -0.15) is 0 Å². The van der Waals surface area contributed by atoms with E-state index in [4.69, 9.17) is 9.15 Å². The number of aliphatic hydroxyl groups is 1. The minimum Gasteiger partial charge on any atom is -0.503 e. The Morgan fingerprint density at radius 3 is 2.61 bits per heavy atom. The molecule has 146 valence electrons. The third kappa shape index (κ3) is 3.40. The lowest BCUT2D eigenvalue weighted by atomic mass is 9.95. The molecular weight excluding hydrogens is 426 g/mol. The Balaban J connectivity index is 1.75. The third-order valence-electron chi connectivity index (χ3n) is 5.12. The van der Waals surface area contributed by atoms with Gasteiger partial charge in [0.15, 0.2) is 11.5 Å². The summed E-state index contributed by atoms with van der Waals surface area (Å²) in [4.78, 5) is 27.5. The van der Waals surface area contributed by atoms with Crippen LogP contribution in [0, 0.1) is 6.92 Å². The number of halogens is 1. The Morgan fingerprint density at radius 1 is 1.25 bits per heavy atom. The number of amides is 1. The molecule has 6 nitrogen and oxygen atoms in total. The van der Waals surface area contributed by atoms with Crippen molar-refractivity contribution in [3.8, 4) is 0 Å². The summed E-state index contributed by atoms with van der Waals surface area (Å²) in [6.45, 7) is 2.71. The van der Waals surface area contributed by atoms with Gasteiger partial charge in [-0.15, -0.1) is 0 Å². The SMILES string of the molecule is Cc1ccc(C(=O)C2=C(O)C(=O)N(CC3CCCO3)C2c2ccc(Br)cc2)o1. The van der Waals surface area contributed by atoms with Gasteiger partial charge in [-0.3, -0.25) is 9.59 Å². The summed E-state index contributed by atoms with van der Waals surface area (Å²) < 4.78 is 12.0. The number of ketones is 1. The molecule has 1 fully saturated rings. The minimum absolute atomic E-state index is 0.0414. The first kappa shape index (κ1) is 19.0. The van der Waals surface area contributed by atoms with Crippen molar-refractivity contribution in [1.82, 2.24) is 4.90 Å². The second-order valence-electron chi connectivity index (χ2n) is 7.05. The molecule has 2 unspecified atom stereocenters. The van der Waals surface area contributed by atoms with Gasteiger partial charge < -0.3 is 19.2 Å². The van der Waals surface area contributed by atoms with E-state index in [1.165, 1.54) is 4.90 Å². The van der Waals surface area contributed by atoms with Crippen LogP contribution in [0.3, 0.4) is 0 Å². The second kappa shape index (κ2) is 7.56. The van der Waals surface area contributed by atoms with Gasteiger partial charge in [0.25, 0.3) is 5.91 Å². The number of Topliss-reactive ketones (excluding diaryl/α,β-unsaturated/α-hetero) is 1. The standard InChI is InChI=1S/C21H20BrNO5/c1-12-4-9-16(28-12)19(24)17-18(13-5-7-14(22)8-6-13)23(21(26)20(17)25)11-15-3-2-10-27-15/h4-9,15,18,25H,2-3,10-11H2,1H3. The summed E-state index contributed by atoms with van der Waals surface area (Å²) in [5.74, 6) is -0.876. The first-order chi connectivity index (χ1) is 13.5. The number of ether oxygens (including phenoxy) is 1. The average Bonchev–Trinajstić information content (AvgIpc) is 3.40. The first-order valence-electron chi connectivity index (χ1n) is 9.18. The predicted octanol–water partition coefficient (Wildman–Crippen LogP) is 4.11. The zero-order valence-electron chi connectivity index (χ0n) is 15.4. The van der Waals surface area contributed by atoms with Crippen LogP contribution in [0.15, 0.2) is 56.6 Å². The molecule has 0 radical (unpaired) electrons. The van der Waals surface area contributed by atoms with Crippen LogP contribution in [0.25, 0.3) is 0 Å². The van der Waals surface area contributed by atoms with E-state index in [-0.39, 0.29) is 17.4 Å². The van der Waals surface area contributed by atoms with E-state index in [9.17, 15) is 14.7 Å². The molecule has 1 saturated heterocycles. The maximum absolute atomic E-state index is 13.1. The molecule has 1 amide bonds. The number of aliphatic hydroxyl groups excluding tert-OH is 1. The van der Waals surface area contributed by atoms with E-state index >= 15 is 0 Å². The summed E-state index contributed by atoms with van der Waals surface area (Å²) in [6.07, 6.45) is 1.68. The smallest absolute Gasteiger partial charge is 0.290 e. The number of hydrogen-bond acceptors (Lipinski definition) is 5. The van der Waals surface area contributed by atoms with Gasteiger partial charge in [-0.05, 0) is 49.6 Å². The Morgan fingerprint density at radius 2 is 2.00 bits per heavy atom. The number of nitrogens with zero attached hydrogens (tertiary/aromatic N) is 1. The highest BCUT2D eigenvalue weighted by Gasteiger charge is 2.45. The van der Waals surface area contributed by atoms with E-state index < -0.39 is 23.5 Å². The molecule has 0 saturated carbocycles. The van der Waals surface area contributed by atoms with Gasteiger partial charge in [0.1, 0.15) is 5.76 Å². The molecule has 1 aromatic carbocycles. The van der Waals surface area contributed by atoms with Crippen LogP contribution in [-0.4, -0.2) is 41.0 Å². The molecule has 28 heavy (non-hydrogen) atoms. The predicted molar refractivity (Wildman–Crippen MR) is 105 cm³/mol. The van der Waals surface area contributed by atoms with Crippen LogP contribution in [0.5, 0.6) is 0 Å². The minimum atomic E-state index is -0.692. The number of aryl methyl sites for hydroxylation is 1. The Labute approximate surface area is 170 Å². The van der Waals surface area contributed by atoms with Crippen LogP contribution in [-0.2, 0) is 9.53 Å². The molecule has 0 spiro atoms. The maximum Gasteiger partial charge on any atom is 0.290 e. The van der Waals surface area contributed by atoms with Crippen molar-refractivity contribution in [1.29, 1.82) is 0 Å². The lowest BCUT2D eigenvalue weighted by molar-refractivity contribution is -0.131. The van der Waals surface area contributed by atoms with Crippen molar-refractivity contribution in [2.75, 3.05) is 13.2 Å². The molecule has 2 aromatic rings. The van der Waals surface area contributed by atoms with E-state index in [0.717, 1.165) is 22.9 Å². The molecule has 0 aliphatic carbocycles. The maximum atomic E-state index is 13.1. The van der Waals surface area contributed by atoms with Crippen molar-refractivity contribution in [2.45, 2.75) is 31.9 Å². The number of rotatable bonds is 5. The number of benzene rings is 1. The van der Waals surface area contributed by atoms with Crippen LogP contribution in [0.4, 0.5) is 0 Å². The highest BCUT2D eigenvalue weighted by molar-refractivity contribution is 9.10. The van der Waals surface area contributed by atoms with Crippen molar-refractivity contribution in [3.05, 3.63) is 69.3 Å². The van der Waals surface area contributed by atoms with Crippen LogP contribution >= 0.6 is 15.9 Å². The first-order valence-corrected chi connectivity index (χ1v) is 9.97. The monoisotopic (exact) mass is 445 g/mol. The summed E-state index contributed by atoms with van der Waals surface area (Å²) in [5, 5.41) is 10.6. The molecule has 2 aliphatic rings. The fourth-order valence-electron chi connectivity index (χ4n) is 3.76. The van der Waals surface area contributed by atoms with E-state index in [1.54, 1.807) is 19.1 Å². The van der Waals surface area contributed by atoms with Crippen molar-refractivity contribution >= 4 is 27.6 Å². The van der Waals surface area contributed by atoms with Gasteiger partial charge in [0, 0.05) is 17.6 Å². The second-order valence-corrected chi connectivity index (χ2v) is 7.96. The van der Waals surface area contributed by atoms with E-state index in [2.05, 4.69) is 15.9 Å². The number of furan rings is 1. The average molecular weight is 446 g/mol. The summed E-state index contributed by atoms with van der Waals surface area (Å²) in [6, 6.07) is 9.91. The van der Waals surface area contributed by atoms with Crippen molar-refractivity contribution in [2.24, 2.45) is 0 Å². The Hall–Kier alpha value is -2.38. The van der Waals surface area contributed by atoms with Gasteiger partial charge in [-0.1, -0.05) is 28.1 Å². The number of carbonyl (C=O) groups is 2. The number of carbonyl (C=O) groups excluding carboxylic acids is 2. The summed E-state index contributed by atoms with van der Waals surface area (Å²) >= 11 is 3.40. The summed E-state index contributed by atoms with van der Waals surface area (Å²) in [7, 11) is 0. The topological polar surface area (TPSA) is 80.0 Å². The van der Waals surface area contributed by atoms with E-state index in [1.807, 2.05) is 24.3 Å². The lowest BCUT2D eigenvalue weighted by Crippen LogP contribution is -2.37. The van der Waals surface area contributed by atoms with Crippen LogP contribution < -0.4 is 0 Å². The molecule has 2 atom stereocenters. The third-order valence-corrected chi connectivity index (χ3v) is 5.65. The normalized spacial score (nSPS) is 22.4. The zero-order valence-corrected chi connectivity index (χ0v) is 16.9. The van der Waals surface area contributed by atoms with Crippen LogP contribution in [0.1, 0.15) is 40.8 Å². The lowest BCUT2D eigenvalue weighted by Gasteiger charge is -2.28. The fourth-order valence-corrected chi connectivity index (χ4v) is 4.03. The number of hydrogen-bond donors (Lipinski definition) is 1. The van der Waals surface area contributed by atoms with Crippen LogP contribution in [0.2, 0.25) is 0 Å². The Kier molecular flexibility index (Phi) is 5.12.